The SMILES string of the molecule is CCCCCCCCCCSC(CCCCCCC)C(C)OCCCOCC(O)([PH+]=O)C(=O)O. The third kappa shape index (κ3) is 18.1. The zero-order valence-electron chi connectivity index (χ0n) is 22.0. The average Bonchev–Trinajstić information content (AvgIpc) is 2.83. The molecular formula is C26H52O6PS+. The van der Waals surface area contributed by atoms with Gasteiger partial charge in [-0.15, -0.1) is 0 Å². The van der Waals surface area contributed by atoms with E-state index in [0.29, 0.717) is 18.3 Å². The first kappa shape index (κ1) is 33.8. The van der Waals surface area contributed by atoms with Crippen LogP contribution in [0.25, 0.3) is 0 Å². The van der Waals surface area contributed by atoms with Crippen molar-refractivity contribution in [3.8, 4) is 0 Å². The van der Waals surface area contributed by atoms with E-state index in [1.807, 2.05) is 0 Å². The minimum atomic E-state index is -2.32. The maximum atomic E-state index is 10.9. The first-order chi connectivity index (χ1) is 16.4. The van der Waals surface area contributed by atoms with Crippen molar-refractivity contribution in [3.63, 3.8) is 0 Å². The molecule has 34 heavy (non-hydrogen) atoms. The molecular weight excluding hydrogens is 471 g/mol. The van der Waals surface area contributed by atoms with Crippen LogP contribution in [-0.2, 0) is 18.8 Å². The van der Waals surface area contributed by atoms with Crippen molar-refractivity contribution in [3.05, 3.63) is 0 Å². The summed E-state index contributed by atoms with van der Waals surface area (Å²) in [5, 5.41) is 16.8. The van der Waals surface area contributed by atoms with Gasteiger partial charge in [-0.1, -0.05) is 95.5 Å². The molecule has 0 fully saturated rings. The molecule has 0 saturated heterocycles. The number of ether oxygens (including phenoxy) is 2. The van der Waals surface area contributed by atoms with Gasteiger partial charge in [-0.05, 0) is 31.9 Å². The first-order valence-electron chi connectivity index (χ1n) is 13.6. The van der Waals surface area contributed by atoms with Crippen molar-refractivity contribution in [1.82, 2.24) is 0 Å². The molecule has 0 radical (unpaired) electrons. The number of carbonyl (C=O) groups is 1. The average molecular weight is 524 g/mol. The van der Waals surface area contributed by atoms with Gasteiger partial charge in [-0.25, -0.2) is 4.79 Å². The molecule has 202 valence electrons. The van der Waals surface area contributed by atoms with Crippen molar-refractivity contribution in [1.29, 1.82) is 0 Å². The summed E-state index contributed by atoms with van der Waals surface area (Å²) in [6.45, 7) is 6.96. The summed E-state index contributed by atoms with van der Waals surface area (Å²) in [7, 11) is -1.37. The number of carboxylic acids is 1. The second-order valence-corrected chi connectivity index (χ2v) is 11.7. The van der Waals surface area contributed by atoms with Crippen molar-refractivity contribution in [2.45, 2.75) is 134 Å². The summed E-state index contributed by atoms with van der Waals surface area (Å²) in [5.41, 5.74) is 0. The van der Waals surface area contributed by atoms with E-state index in [9.17, 15) is 14.5 Å². The van der Waals surface area contributed by atoms with Gasteiger partial charge in [-0.3, -0.25) is 0 Å². The van der Waals surface area contributed by atoms with Crippen LogP contribution in [-0.4, -0.2) is 58.5 Å². The lowest BCUT2D eigenvalue weighted by molar-refractivity contribution is -0.154. The molecule has 0 aliphatic carbocycles. The van der Waals surface area contributed by atoms with Crippen LogP contribution in [0.4, 0.5) is 0 Å². The fourth-order valence-electron chi connectivity index (χ4n) is 3.77. The highest BCUT2D eigenvalue weighted by Crippen LogP contribution is 2.25. The largest absolute Gasteiger partial charge is 0.476 e. The molecule has 8 heteroatoms. The molecule has 0 amide bonds. The van der Waals surface area contributed by atoms with Gasteiger partial charge in [0, 0.05) is 18.5 Å². The van der Waals surface area contributed by atoms with Crippen molar-refractivity contribution < 1.29 is 29.0 Å². The fraction of sp³-hybridized carbons (Fsp3) is 0.962. The molecule has 4 unspecified atom stereocenters. The molecule has 0 aromatic rings. The Morgan fingerprint density at radius 3 is 2.00 bits per heavy atom. The highest BCUT2D eigenvalue weighted by atomic mass is 32.2. The molecule has 0 heterocycles. The molecule has 0 rings (SSSR count). The monoisotopic (exact) mass is 523 g/mol. The Morgan fingerprint density at radius 1 is 0.882 bits per heavy atom. The van der Waals surface area contributed by atoms with Gasteiger partial charge in [-0.2, -0.15) is 11.8 Å². The van der Waals surface area contributed by atoms with Crippen LogP contribution in [0.2, 0.25) is 0 Å². The molecule has 0 saturated carbocycles. The van der Waals surface area contributed by atoms with Crippen LogP contribution in [0.3, 0.4) is 0 Å². The van der Waals surface area contributed by atoms with Crippen molar-refractivity contribution >= 4 is 26.2 Å². The van der Waals surface area contributed by atoms with E-state index in [1.165, 1.54) is 95.6 Å². The summed E-state index contributed by atoms with van der Waals surface area (Å²) < 4.78 is 22.2. The maximum absolute atomic E-state index is 10.9. The Balaban J connectivity index is 4.18. The number of thioether (sulfide) groups is 1. The number of hydrogen-bond donors (Lipinski definition) is 2. The van der Waals surface area contributed by atoms with Gasteiger partial charge in [0.05, 0.1) is 6.10 Å². The maximum Gasteiger partial charge on any atom is 0.390 e. The number of carboxylic acid groups (broad SMARTS) is 1. The Kier molecular flexibility index (Phi) is 23.1. The fourth-order valence-corrected chi connectivity index (χ4v) is 5.37. The number of aliphatic hydroxyl groups is 1. The minimum absolute atomic E-state index is 0.157. The molecule has 6 nitrogen and oxygen atoms in total. The lowest BCUT2D eigenvalue weighted by Gasteiger charge is -2.24. The second-order valence-electron chi connectivity index (χ2n) is 9.34. The predicted molar refractivity (Wildman–Crippen MR) is 145 cm³/mol. The Labute approximate surface area is 214 Å². The van der Waals surface area contributed by atoms with E-state index in [4.69, 9.17) is 14.6 Å². The number of unbranched alkanes of at least 4 members (excludes halogenated alkanes) is 11. The first-order valence-corrected chi connectivity index (χ1v) is 15.5. The topological polar surface area (TPSA) is 93.1 Å². The van der Waals surface area contributed by atoms with Crippen LogP contribution in [0.1, 0.15) is 117 Å². The summed E-state index contributed by atoms with van der Waals surface area (Å²) >= 11 is 2.05. The molecule has 0 aliphatic rings. The smallest absolute Gasteiger partial charge is 0.390 e. The zero-order valence-corrected chi connectivity index (χ0v) is 23.8. The molecule has 4 atom stereocenters. The van der Waals surface area contributed by atoms with Crippen LogP contribution in [0.5, 0.6) is 0 Å². The third-order valence-electron chi connectivity index (χ3n) is 6.09. The Hall–Kier alpha value is -0.200. The van der Waals surface area contributed by atoms with E-state index in [-0.39, 0.29) is 12.7 Å². The third-order valence-corrected chi connectivity index (χ3v) is 8.36. The number of rotatable bonds is 26. The van der Waals surface area contributed by atoms with Gasteiger partial charge >= 0.3 is 19.8 Å². The van der Waals surface area contributed by atoms with Gasteiger partial charge in [0.2, 0.25) is 0 Å². The predicted octanol–water partition coefficient (Wildman–Crippen LogP) is 7.20. The zero-order chi connectivity index (χ0) is 25.5. The molecule has 2 N–H and O–H groups in total. The molecule has 0 bridgehead atoms. The molecule has 0 aromatic carbocycles. The van der Waals surface area contributed by atoms with Crippen molar-refractivity contribution in [2.24, 2.45) is 0 Å². The number of aliphatic carboxylic acids is 1. The van der Waals surface area contributed by atoms with Crippen LogP contribution in [0, 0.1) is 0 Å². The molecule has 0 aromatic heterocycles. The highest BCUT2D eigenvalue weighted by Gasteiger charge is 2.46. The van der Waals surface area contributed by atoms with Crippen molar-refractivity contribution in [2.75, 3.05) is 25.6 Å². The van der Waals surface area contributed by atoms with Gasteiger partial charge in [0.1, 0.15) is 6.61 Å². The summed E-state index contributed by atoms with van der Waals surface area (Å²) in [4.78, 5) is 10.9. The van der Waals surface area contributed by atoms with Gasteiger partial charge in [0.15, 0.2) is 0 Å². The highest BCUT2D eigenvalue weighted by molar-refractivity contribution is 7.99. The molecule has 0 aliphatic heterocycles. The number of hydrogen-bond acceptors (Lipinski definition) is 6. The quantitative estimate of drug-likeness (QED) is 0.0914. The Bertz CT molecular complexity index is 496. The Morgan fingerprint density at radius 2 is 1.44 bits per heavy atom. The van der Waals surface area contributed by atoms with E-state index in [1.54, 1.807) is 0 Å². The van der Waals surface area contributed by atoms with E-state index < -0.39 is 26.4 Å². The summed E-state index contributed by atoms with van der Waals surface area (Å²) in [6, 6.07) is 0. The van der Waals surface area contributed by atoms with Gasteiger partial charge < -0.3 is 19.7 Å². The van der Waals surface area contributed by atoms with Crippen LogP contribution in [0.15, 0.2) is 0 Å². The summed E-state index contributed by atoms with van der Waals surface area (Å²) in [6.07, 6.45) is 19.1. The van der Waals surface area contributed by atoms with Crippen LogP contribution >= 0.6 is 20.2 Å². The standard InChI is InChI=1S/C26H51O6PS/c1-4-6-8-10-11-12-14-16-21-34-24(18-15-13-9-7-5-2)23(3)32-20-17-19-31-22-26(29,33-30)25(27)28/h23-24,29H,4-22H2,1-3H3,(H,27,28)/p+1. The lowest BCUT2D eigenvalue weighted by atomic mass is 10.1. The summed E-state index contributed by atoms with van der Waals surface area (Å²) in [5.74, 6) is -0.337. The van der Waals surface area contributed by atoms with Crippen LogP contribution < -0.4 is 0 Å². The minimum Gasteiger partial charge on any atom is -0.476 e. The normalized spacial score (nSPS) is 15.3. The van der Waals surface area contributed by atoms with E-state index in [2.05, 4.69) is 32.5 Å². The second kappa shape index (κ2) is 23.2. The van der Waals surface area contributed by atoms with E-state index >= 15 is 0 Å². The van der Waals surface area contributed by atoms with Gasteiger partial charge in [0.25, 0.3) is 0 Å². The molecule has 0 spiro atoms. The lowest BCUT2D eigenvalue weighted by Crippen LogP contribution is -2.37. The van der Waals surface area contributed by atoms with E-state index in [0.717, 1.165) is 0 Å².